The van der Waals surface area contributed by atoms with Crippen molar-refractivity contribution < 1.29 is 18.9 Å². The summed E-state index contributed by atoms with van der Waals surface area (Å²) in [6.07, 6.45) is 4.10. The molecule has 3 aromatic rings. The Morgan fingerprint density at radius 3 is 2.68 bits per heavy atom. The molecular weight excluding hydrogens is 468 g/mol. The van der Waals surface area contributed by atoms with E-state index >= 15 is 0 Å². The lowest BCUT2D eigenvalue weighted by Gasteiger charge is -2.26. The zero-order valence-electron chi connectivity index (χ0n) is 21.0. The molecule has 0 N–H and O–H groups in total. The van der Waals surface area contributed by atoms with Gasteiger partial charge in [0.15, 0.2) is 0 Å². The van der Waals surface area contributed by atoms with Crippen LogP contribution in [0.15, 0.2) is 54.7 Å². The highest BCUT2D eigenvalue weighted by molar-refractivity contribution is 5.64. The number of hydrogen-bond donors (Lipinski definition) is 0. The maximum absolute atomic E-state index is 9.72. The second kappa shape index (κ2) is 12.6. The highest BCUT2D eigenvalue weighted by Gasteiger charge is 2.18. The first-order valence-corrected chi connectivity index (χ1v) is 12.9. The van der Waals surface area contributed by atoms with Gasteiger partial charge in [0.05, 0.1) is 37.7 Å². The van der Waals surface area contributed by atoms with E-state index in [0.29, 0.717) is 43.4 Å². The fraction of sp³-hybridized carbons (Fsp3) is 0.414. The Kier molecular flexibility index (Phi) is 8.59. The van der Waals surface area contributed by atoms with Crippen molar-refractivity contribution in [2.75, 3.05) is 52.7 Å². The standard InChI is InChI=1S/C29H32N4O4/c30-21-24-20-23(4-5-28(24)37-25-7-13-34-14-8-25)27-6-9-31-29(32-27)19-22-2-1-3-26(18-22)36-17-12-33-10-15-35-16-11-33/h1-6,9,18,20,25H,7-8,10-17,19H2. The van der Waals surface area contributed by atoms with Crippen molar-refractivity contribution in [2.45, 2.75) is 25.4 Å². The van der Waals surface area contributed by atoms with Crippen molar-refractivity contribution >= 4 is 0 Å². The smallest absolute Gasteiger partial charge is 0.137 e. The van der Waals surface area contributed by atoms with Gasteiger partial charge in [-0.15, -0.1) is 0 Å². The summed E-state index contributed by atoms with van der Waals surface area (Å²) in [4.78, 5) is 11.6. The molecule has 0 saturated carbocycles. The maximum atomic E-state index is 9.72. The van der Waals surface area contributed by atoms with E-state index in [0.717, 1.165) is 68.3 Å². The van der Waals surface area contributed by atoms with Crippen LogP contribution in [0, 0.1) is 11.3 Å². The fourth-order valence-corrected chi connectivity index (χ4v) is 4.54. The van der Waals surface area contributed by atoms with Crippen LogP contribution in [-0.4, -0.2) is 73.6 Å². The molecule has 8 nitrogen and oxygen atoms in total. The predicted molar refractivity (Wildman–Crippen MR) is 139 cm³/mol. The molecule has 5 rings (SSSR count). The molecule has 37 heavy (non-hydrogen) atoms. The topological polar surface area (TPSA) is 89.7 Å². The summed E-state index contributed by atoms with van der Waals surface area (Å²) in [5.74, 6) is 2.17. The van der Waals surface area contributed by atoms with Gasteiger partial charge >= 0.3 is 0 Å². The van der Waals surface area contributed by atoms with Gasteiger partial charge < -0.3 is 18.9 Å². The van der Waals surface area contributed by atoms with Gasteiger partial charge in [-0.05, 0) is 42.0 Å². The maximum Gasteiger partial charge on any atom is 0.137 e. The van der Waals surface area contributed by atoms with Crippen LogP contribution in [0.5, 0.6) is 11.5 Å². The molecule has 8 heteroatoms. The number of nitrogens with zero attached hydrogens (tertiary/aromatic N) is 4. The molecule has 0 spiro atoms. The molecule has 0 radical (unpaired) electrons. The van der Waals surface area contributed by atoms with Gasteiger partial charge in [0, 0.05) is 50.7 Å². The summed E-state index contributed by atoms with van der Waals surface area (Å²) in [6, 6.07) is 17.9. The molecule has 2 aliphatic rings. The number of nitriles is 1. The van der Waals surface area contributed by atoms with Crippen LogP contribution in [-0.2, 0) is 15.9 Å². The summed E-state index contributed by atoms with van der Waals surface area (Å²) in [6.45, 7) is 6.42. The molecule has 192 valence electrons. The van der Waals surface area contributed by atoms with Crippen molar-refractivity contribution in [2.24, 2.45) is 0 Å². The van der Waals surface area contributed by atoms with E-state index < -0.39 is 0 Å². The molecule has 0 aliphatic carbocycles. The van der Waals surface area contributed by atoms with Crippen LogP contribution in [0.2, 0.25) is 0 Å². The third kappa shape index (κ3) is 7.04. The Morgan fingerprint density at radius 1 is 1.00 bits per heavy atom. The van der Waals surface area contributed by atoms with Gasteiger partial charge in [-0.2, -0.15) is 5.26 Å². The number of aromatic nitrogens is 2. The highest BCUT2D eigenvalue weighted by Crippen LogP contribution is 2.28. The average molecular weight is 501 g/mol. The van der Waals surface area contributed by atoms with Gasteiger partial charge in [-0.25, -0.2) is 9.97 Å². The lowest BCUT2D eigenvalue weighted by Crippen LogP contribution is -2.38. The lowest BCUT2D eigenvalue weighted by atomic mass is 10.1. The van der Waals surface area contributed by atoms with Crippen LogP contribution < -0.4 is 9.47 Å². The van der Waals surface area contributed by atoms with E-state index in [2.05, 4.69) is 22.0 Å². The zero-order chi connectivity index (χ0) is 25.3. The summed E-state index contributed by atoms with van der Waals surface area (Å²) in [5.41, 5.74) is 3.22. The zero-order valence-corrected chi connectivity index (χ0v) is 21.0. The molecule has 2 saturated heterocycles. The minimum absolute atomic E-state index is 0.0801. The van der Waals surface area contributed by atoms with Gasteiger partial charge in [0.2, 0.25) is 0 Å². The number of hydrogen-bond acceptors (Lipinski definition) is 8. The number of morpholine rings is 1. The minimum Gasteiger partial charge on any atom is -0.492 e. The first-order valence-electron chi connectivity index (χ1n) is 12.9. The Balaban J connectivity index is 1.22. The fourth-order valence-electron chi connectivity index (χ4n) is 4.54. The van der Waals surface area contributed by atoms with Crippen LogP contribution in [0.4, 0.5) is 0 Å². The van der Waals surface area contributed by atoms with E-state index in [1.807, 2.05) is 42.5 Å². The van der Waals surface area contributed by atoms with Crippen molar-refractivity contribution in [1.82, 2.24) is 14.9 Å². The van der Waals surface area contributed by atoms with E-state index in [-0.39, 0.29) is 6.10 Å². The van der Waals surface area contributed by atoms with Crippen molar-refractivity contribution in [3.05, 3.63) is 71.7 Å². The van der Waals surface area contributed by atoms with Gasteiger partial charge in [-0.3, -0.25) is 4.90 Å². The molecule has 2 aliphatic heterocycles. The quantitative estimate of drug-likeness (QED) is 0.437. The molecular formula is C29H32N4O4. The highest BCUT2D eigenvalue weighted by atomic mass is 16.5. The lowest BCUT2D eigenvalue weighted by molar-refractivity contribution is 0.0254. The molecule has 2 fully saturated rings. The molecule has 0 atom stereocenters. The van der Waals surface area contributed by atoms with Gasteiger partial charge in [0.1, 0.15) is 36.1 Å². The minimum atomic E-state index is 0.0801. The normalized spacial score (nSPS) is 16.7. The molecule has 0 bridgehead atoms. The monoisotopic (exact) mass is 500 g/mol. The Labute approximate surface area is 217 Å². The molecule has 0 unspecified atom stereocenters. The van der Waals surface area contributed by atoms with E-state index in [1.165, 1.54) is 0 Å². The summed E-state index contributed by atoms with van der Waals surface area (Å²) in [5, 5.41) is 9.72. The molecule has 3 heterocycles. The van der Waals surface area contributed by atoms with Gasteiger partial charge in [0.25, 0.3) is 0 Å². The Hall–Kier alpha value is -3.51. The van der Waals surface area contributed by atoms with Crippen LogP contribution in [0.25, 0.3) is 11.3 Å². The first-order chi connectivity index (χ1) is 18.3. The predicted octanol–water partition coefficient (Wildman–Crippen LogP) is 3.87. The summed E-state index contributed by atoms with van der Waals surface area (Å²) in [7, 11) is 0. The van der Waals surface area contributed by atoms with Crippen LogP contribution in [0.1, 0.15) is 29.8 Å². The summed E-state index contributed by atoms with van der Waals surface area (Å²) >= 11 is 0. The van der Waals surface area contributed by atoms with E-state index in [1.54, 1.807) is 6.20 Å². The number of ether oxygens (including phenoxy) is 4. The van der Waals surface area contributed by atoms with Gasteiger partial charge in [-0.1, -0.05) is 12.1 Å². The Bertz CT molecular complexity index is 1220. The largest absolute Gasteiger partial charge is 0.492 e. The molecule has 0 amide bonds. The third-order valence-corrected chi connectivity index (χ3v) is 6.60. The number of benzene rings is 2. The number of rotatable bonds is 9. The second-order valence-electron chi connectivity index (χ2n) is 9.24. The third-order valence-electron chi connectivity index (χ3n) is 6.60. The second-order valence-corrected chi connectivity index (χ2v) is 9.24. The van der Waals surface area contributed by atoms with Crippen molar-refractivity contribution in [3.63, 3.8) is 0 Å². The van der Waals surface area contributed by atoms with E-state index in [9.17, 15) is 5.26 Å². The molecule has 2 aromatic carbocycles. The first kappa shape index (κ1) is 25.2. The van der Waals surface area contributed by atoms with E-state index in [4.69, 9.17) is 23.9 Å². The van der Waals surface area contributed by atoms with Crippen LogP contribution in [0.3, 0.4) is 0 Å². The summed E-state index contributed by atoms with van der Waals surface area (Å²) < 4.78 is 22.9. The van der Waals surface area contributed by atoms with Crippen molar-refractivity contribution in [3.8, 4) is 28.8 Å². The Morgan fingerprint density at radius 2 is 1.84 bits per heavy atom. The molecule has 1 aromatic heterocycles. The average Bonchev–Trinajstić information content (AvgIpc) is 2.95. The van der Waals surface area contributed by atoms with Crippen molar-refractivity contribution in [1.29, 1.82) is 5.26 Å². The SMILES string of the molecule is N#Cc1cc(-c2ccnc(Cc3cccc(OCCN4CCOCC4)c3)n2)ccc1OC1CCOCC1. The van der Waals surface area contributed by atoms with Crippen LogP contribution >= 0.6 is 0 Å².